The van der Waals surface area contributed by atoms with Gasteiger partial charge in [0.2, 0.25) is 0 Å². The minimum Gasteiger partial charge on any atom is -0.492 e. The number of aliphatic hydroxyl groups excluding tert-OH is 1. The lowest BCUT2D eigenvalue weighted by atomic mass is 10.2. The molecule has 1 aromatic rings. The number of ether oxygens (including phenoxy) is 2. The van der Waals surface area contributed by atoms with E-state index >= 15 is 0 Å². The van der Waals surface area contributed by atoms with E-state index in [-0.39, 0.29) is 11.3 Å². The van der Waals surface area contributed by atoms with E-state index in [1.807, 2.05) is 0 Å². The molecule has 1 aromatic heterocycles. The molecule has 0 bridgehead atoms. The Bertz CT molecular complexity index is 379. The highest BCUT2D eigenvalue weighted by Crippen LogP contribution is 2.35. The number of aryl methyl sites for hydroxylation is 1. The van der Waals surface area contributed by atoms with Crippen LogP contribution < -0.4 is 9.47 Å². The summed E-state index contributed by atoms with van der Waals surface area (Å²) in [4.78, 5) is 3.68. The van der Waals surface area contributed by atoms with Crippen LogP contribution in [0.3, 0.4) is 0 Å². The Morgan fingerprint density at radius 3 is 2.50 bits per heavy atom. The summed E-state index contributed by atoms with van der Waals surface area (Å²) in [6.45, 7) is 1.07. The van der Waals surface area contributed by atoms with E-state index in [1.54, 1.807) is 6.92 Å². The minimum atomic E-state index is -4.82. The van der Waals surface area contributed by atoms with Gasteiger partial charge in [-0.05, 0) is 6.92 Å². The van der Waals surface area contributed by atoms with E-state index in [4.69, 9.17) is 9.84 Å². The van der Waals surface area contributed by atoms with Gasteiger partial charge in [-0.15, -0.1) is 13.2 Å². The first-order valence-corrected chi connectivity index (χ1v) is 4.28. The zero-order valence-corrected chi connectivity index (χ0v) is 8.63. The highest BCUT2D eigenvalue weighted by Gasteiger charge is 2.33. The highest BCUT2D eigenvalue weighted by molar-refractivity contribution is 5.46. The maximum absolute atomic E-state index is 12.0. The molecule has 4 nitrogen and oxygen atoms in total. The first-order chi connectivity index (χ1) is 7.39. The molecular weight excluding hydrogens is 227 g/mol. The van der Waals surface area contributed by atoms with Crippen molar-refractivity contribution in [2.24, 2.45) is 0 Å². The van der Waals surface area contributed by atoms with Gasteiger partial charge in [-0.25, -0.2) is 0 Å². The summed E-state index contributed by atoms with van der Waals surface area (Å²) in [5.41, 5.74) is 0.554. The number of nitrogens with zero attached hydrogens (tertiary/aromatic N) is 1. The number of pyridine rings is 1. The summed E-state index contributed by atoms with van der Waals surface area (Å²) in [7, 11) is 1.19. The van der Waals surface area contributed by atoms with Gasteiger partial charge in [0.05, 0.1) is 19.9 Å². The van der Waals surface area contributed by atoms with Gasteiger partial charge in [0.15, 0.2) is 11.5 Å². The van der Waals surface area contributed by atoms with Gasteiger partial charge in [0.1, 0.15) is 0 Å². The van der Waals surface area contributed by atoms with Crippen molar-refractivity contribution in [1.29, 1.82) is 0 Å². The summed E-state index contributed by atoms with van der Waals surface area (Å²) in [5, 5.41) is 9.00. The fraction of sp³-hybridized carbons (Fsp3) is 0.444. The van der Waals surface area contributed by atoms with Crippen molar-refractivity contribution in [1.82, 2.24) is 4.98 Å². The van der Waals surface area contributed by atoms with Crippen molar-refractivity contribution in [3.05, 3.63) is 17.5 Å². The van der Waals surface area contributed by atoms with Crippen LogP contribution in [-0.2, 0) is 6.61 Å². The molecule has 0 spiro atoms. The van der Waals surface area contributed by atoms with Crippen LogP contribution in [0.5, 0.6) is 11.5 Å². The zero-order valence-electron chi connectivity index (χ0n) is 8.63. The third-order valence-corrected chi connectivity index (χ3v) is 1.90. The fourth-order valence-corrected chi connectivity index (χ4v) is 1.21. The molecule has 0 atom stereocenters. The molecule has 0 saturated heterocycles. The van der Waals surface area contributed by atoms with Gasteiger partial charge in [-0.3, -0.25) is 4.98 Å². The number of alkyl halides is 3. The van der Waals surface area contributed by atoms with Crippen molar-refractivity contribution >= 4 is 0 Å². The van der Waals surface area contributed by atoms with Gasteiger partial charge in [-0.2, -0.15) is 0 Å². The molecular formula is C9H10F3NO3. The number of halogens is 3. The topological polar surface area (TPSA) is 51.6 Å². The molecule has 0 fully saturated rings. The van der Waals surface area contributed by atoms with E-state index in [0.717, 1.165) is 6.20 Å². The van der Waals surface area contributed by atoms with Crippen LogP contribution in [0.2, 0.25) is 0 Å². The quantitative estimate of drug-likeness (QED) is 0.870. The predicted octanol–water partition coefficient (Wildman–Crippen LogP) is 1.79. The SMILES string of the molecule is COc1c(OC(F)(F)F)cnc(C)c1CO. The molecule has 0 aliphatic heterocycles. The molecule has 1 rings (SSSR count). The van der Waals surface area contributed by atoms with Gasteiger partial charge in [0.25, 0.3) is 0 Å². The summed E-state index contributed by atoms with van der Waals surface area (Å²) < 4.78 is 44.6. The molecule has 7 heteroatoms. The lowest BCUT2D eigenvalue weighted by Crippen LogP contribution is -2.18. The van der Waals surface area contributed by atoms with E-state index < -0.39 is 18.7 Å². The molecule has 0 aliphatic rings. The number of hydrogen-bond donors (Lipinski definition) is 1. The first-order valence-electron chi connectivity index (χ1n) is 4.28. The molecule has 1 heterocycles. The highest BCUT2D eigenvalue weighted by atomic mass is 19.4. The Morgan fingerprint density at radius 2 is 2.06 bits per heavy atom. The second-order valence-electron chi connectivity index (χ2n) is 2.93. The smallest absolute Gasteiger partial charge is 0.492 e. The Hall–Kier alpha value is -1.50. The number of aliphatic hydroxyl groups is 1. The molecule has 0 unspecified atom stereocenters. The van der Waals surface area contributed by atoms with Crippen molar-refractivity contribution in [2.45, 2.75) is 19.9 Å². The summed E-state index contributed by atoms with van der Waals surface area (Å²) in [5.74, 6) is -0.725. The standard InChI is InChI=1S/C9H10F3NO3/c1-5-6(4-14)8(15-2)7(3-13-5)16-9(10,11)12/h3,14H,4H2,1-2H3. The van der Waals surface area contributed by atoms with Crippen LogP contribution in [0.15, 0.2) is 6.20 Å². The van der Waals surface area contributed by atoms with E-state index in [0.29, 0.717) is 5.69 Å². The van der Waals surface area contributed by atoms with Gasteiger partial charge in [-0.1, -0.05) is 0 Å². The lowest BCUT2D eigenvalue weighted by Gasteiger charge is -2.15. The molecule has 0 aliphatic carbocycles. The van der Waals surface area contributed by atoms with E-state index in [1.165, 1.54) is 7.11 Å². The predicted molar refractivity (Wildman–Crippen MR) is 48.1 cm³/mol. The number of rotatable bonds is 3. The third kappa shape index (κ3) is 2.75. The Kier molecular flexibility index (Phi) is 3.58. The normalized spacial score (nSPS) is 11.4. The van der Waals surface area contributed by atoms with Gasteiger partial charge in [0, 0.05) is 11.3 Å². The Morgan fingerprint density at radius 1 is 1.44 bits per heavy atom. The molecule has 1 N–H and O–H groups in total. The summed E-state index contributed by atoms with van der Waals surface area (Å²) in [6.07, 6.45) is -3.92. The second kappa shape index (κ2) is 4.56. The average molecular weight is 237 g/mol. The number of aromatic nitrogens is 1. The molecule has 0 amide bonds. The van der Waals surface area contributed by atoms with Crippen molar-refractivity contribution in [2.75, 3.05) is 7.11 Å². The average Bonchev–Trinajstić information content (AvgIpc) is 2.18. The van der Waals surface area contributed by atoms with Crippen LogP contribution >= 0.6 is 0 Å². The van der Waals surface area contributed by atoms with Crippen molar-refractivity contribution in [3.8, 4) is 11.5 Å². The van der Waals surface area contributed by atoms with Gasteiger partial charge >= 0.3 is 6.36 Å². The largest absolute Gasteiger partial charge is 0.573 e. The summed E-state index contributed by atoms with van der Waals surface area (Å²) in [6, 6.07) is 0. The molecule has 0 saturated carbocycles. The third-order valence-electron chi connectivity index (χ3n) is 1.90. The lowest BCUT2D eigenvalue weighted by molar-refractivity contribution is -0.275. The number of hydrogen-bond acceptors (Lipinski definition) is 4. The second-order valence-corrected chi connectivity index (χ2v) is 2.93. The molecule has 90 valence electrons. The monoisotopic (exact) mass is 237 g/mol. The van der Waals surface area contributed by atoms with Crippen molar-refractivity contribution in [3.63, 3.8) is 0 Å². The van der Waals surface area contributed by atoms with E-state index in [9.17, 15) is 13.2 Å². The first kappa shape index (κ1) is 12.6. The van der Waals surface area contributed by atoms with Crippen molar-refractivity contribution < 1.29 is 27.8 Å². The van der Waals surface area contributed by atoms with Crippen LogP contribution in [0.1, 0.15) is 11.3 Å². The van der Waals surface area contributed by atoms with Crippen LogP contribution in [0.25, 0.3) is 0 Å². The van der Waals surface area contributed by atoms with E-state index in [2.05, 4.69) is 9.72 Å². The Balaban J connectivity index is 3.19. The maximum atomic E-state index is 12.0. The maximum Gasteiger partial charge on any atom is 0.573 e. The molecule has 0 aromatic carbocycles. The Labute approximate surface area is 89.6 Å². The zero-order chi connectivity index (χ0) is 12.3. The summed E-state index contributed by atoms with van der Waals surface area (Å²) >= 11 is 0. The van der Waals surface area contributed by atoms with Crippen LogP contribution in [0.4, 0.5) is 13.2 Å². The molecule has 0 radical (unpaired) electrons. The van der Waals surface area contributed by atoms with Crippen LogP contribution in [-0.4, -0.2) is 23.6 Å². The van der Waals surface area contributed by atoms with Crippen LogP contribution in [0, 0.1) is 6.92 Å². The molecule has 16 heavy (non-hydrogen) atoms. The van der Waals surface area contributed by atoms with Gasteiger partial charge < -0.3 is 14.6 Å². The minimum absolute atomic E-state index is 0.160. The fourth-order valence-electron chi connectivity index (χ4n) is 1.21. The number of methoxy groups -OCH3 is 1.